The lowest BCUT2D eigenvalue weighted by Gasteiger charge is -2.27. The second-order valence-corrected chi connectivity index (χ2v) is 15.6. The molecule has 0 unspecified atom stereocenters. The Morgan fingerprint density at radius 3 is 2.47 bits per heavy atom. The molecule has 3 fully saturated rings. The predicted octanol–water partition coefficient (Wildman–Crippen LogP) is 6.57. The van der Waals surface area contributed by atoms with Crippen LogP contribution in [0.5, 0.6) is 0 Å². The summed E-state index contributed by atoms with van der Waals surface area (Å²) < 4.78 is 42.1. The van der Waals surface area contributed by atoms with Crippen molar-refractivity contribution in [2.75, 3.05) is 23.7 Å². The Hall–Kier alpha value is -4.49. The molecule has 284 valence electrons. The number of amides is 3. The summed E-state index contributed by atoms with van der Waals surface area (Å²) in [5.41, 5.74) is 1.52. The first kappa shape index (κ1) is 36.9. The first-order valence-corrected chi connectivity index (χ1v) is 19.0. The molecule has 2 aromatic heterocycles. The van der Waals surface area contributed by atoms with Crippen molar-refractivity contribution in [2.24, 2.45) is 11.3 Å². The molecule has 3 amide bonds. The number of aromatic nitrogens is 3. The van der Waals surface area contributed by atoms with E-state index in [2.05, 4.69) is 27.0 Å². The number of alkyl halides is 3. The highest BCUT2D eigenvalue weighted by Gasteiger charge is 2.67. The number of Topliss-reactive ketones (excluding diaryl/α,β-unsaturated/α-hetero) is 1. The van der Waals surface area contributed by atoms with Gasteiger partial charge in [0.05, 0.1) is 5.52 Å². The number of ketones is 1. The number of carbonyl (C=O) groups is 4. The van der Waals surface area contributed by atoms with E-state index in [9.17, 15) is 32.3 Å². The van der Waals surface area contributed by atoms with Gasteiger partial charge in [-0.2, -0.15) is 18.3 Å². The van der Waals surface area contributed by atoms with Crippen molar-refractivity contribution in [1.82, 2.24) is 25.0 Å². The number of halogens is 3. The van der Waals surface area contributed by atoms with Crippen molar-refractivity contribution in [1.29, 1.82) is 0 Å². The Bertz CT molecular complexity index is 1920. The smallest absolute Gasteiger partial charge is 0.385 e. The number of anilines is 2. The fourth-order valence-electron chi connectivity index (χ4n) is 8.73. The monoisotopic (exact) mass is 735 g/mol. The van der Waals surface area contributed by atoms with Gasteiger partial charge in [-0.15, -0.1) is 0 Å². The molecule has 11 nitrogen and oxygen atoms in total. The third-order valence-corrected chi connectivity index (χ3v) is 11.7. The average molecular weight is 736 g/mol. The van der Waals surface area contributed by atoms with Crippen LogP contribution in [0.1, 0.15) is 111 Å². The number of hydrogen-bond donors (Lipinski definition) is 3. The Balaban J connectivity index is 1.23. The SMILES string of the molecule is CC(=O)c1nn2c3c(cc(NCC4CCCCC4)cc13)CCCCCCC(=O)NC[C@@]13C[C@@H](C(=O)Nc4nc(C(F)(F)F)ccc4C)N(C(=O)C2)[C@@H]1C3. The lowest BCUT2D eigenvalue weighted by atomic mass is 9.89. The zero-order valence-electron chi connectivity index (χ0n) is 30.4. The minimum Gasteiger partial charge on any atom is -0.385 e. The molecular formula is C39H48F3N7O4. The molecule has 7 rings (SSSR count). The van der Waals surface area contributed by atoms with E-state index in [0.29, 0.717) is 41.6 Å². The number of benzene rings is 1. The highest BCUT2D eigenvalue weighted by atomic mass is 19.4. The summed E-state index contributed by atoms with van der Waals surface area (Å²) in [6.45, 7) is 3.89. The summed E-state index contributed by atoms with van der Waals surface area (Å²) in [5.74, 6) is -0.994. The van der Waals surface area contributed by atoms with E-state index in [1.165, 1.54) is 50.0 Å². The Morgan fingerprint density at radius 1 is 1.00 bits per heavy atom. The van der Waals surface area contributed by atoms with E-state index in [1.54, 1.807) is 11.6 Å². The molecule has 4 aliphatic rings. The van der Waals surface area contributed by atoms with E-state index in [-0.39, 0.29) is 48.8 Å². The lowest BCUT2D eigenvalue weighted by molar-refractivity contribution is -0.141. The Kier molecular flexibility index (Phi) is 10.2. The van der Waals surface area contributed by atoms with Crippen LogP contribution in [0.3, 0.4) is 0 Å². The summed E-state index contributed by atoms with van der Waals surface area (Å²) >= 11 is 0. The number of hydrogen-bond acceptors (Lipinski definition) is 7. The normalized spacial score (nSPS) is 24.4. The molecule has 14 heteroatoms. The maximum absolute atomic E-state index is 14.4. The molecule has 1 aromatic carbocycles. The van der Waals surface area contributed by atoms with Gasteiger partial charge in [0.25, 0.3) is 0 Å². The Labute approximate surface area is 306 Å². The zero-order chi connectivity index (χ0) is 37.5. The molecule has 3 N–H and O–H groups in total. The molecule has 0 radical (unpaired) electrons. The van der Waals surface area contributed by atoms with Gasteiger partial charge in [0.1, 0.15) is 29.8 Å². The third-order valence-electron chi connectivity index (χ3n) is 11.7. The number of pyridine rings is 1. The van der Waals surface area contributed by atoms with Crippen molar-refractivity contribution in [3.8, 4) is 0 Å². The Morgan fingerprint density at radius 2 is 1.74 bits per heavy atom. The van der Waals surface area contributed by atoms with Gasteiger partial charge in [-0.3, -0.25) is 23.9 Å². The van der Waals surface area contributed by atoms with Gasteiger partial charge in [0, 0.05) is 49.0 Å². The number of rotatable bonds is 6. The maximum atomic E-state index is 14.4. The molecule has 1 saturated heterocycles. The first-order valence-electron chi connectivity index (χ1n) is 19.0. The first-order chi connectivity index (χ1) is 25.3. The van der Waals surface area contributed by atoms with Crippen LogP contribution in [0, 0.1) is 18.3 Å². The lowest BCUT2D eigenvalue weighted by Crippen LogP contribution is -2.47. The largest absolute Gasteiger partial charge is 0.433 e. The van der Waals surface area contributed by atoms with Gasteiger partial charge in [-0.05, 0) is 87.1 Å². The van der Waals surface area contributed by atoms with Gasteiger partial charge < -0.3 is 20.9 Å². The van der Waals surface area contributed by atoms with E-state index in [0.717, 1.165) is 49.5 Å². The fourth-order valence-corrected chi connectivity index (χ4v) is 8.73. The molecule has 2 bridgehead atoms. The molecular weight excluding hydrogens is 687 g/mol. The van der Waals surface area contributed by atoms with E-state index in [1.807, 2.05) is 6.07 Å². The van der Waals surface area contributed by atoms with Gasteiger partial charge in [0.2, 0.25) is 17.7 Å². The summed E-state index contributed by atoms with van der Waals surface area (Å²) in [7, 11) is 0. The molecule has 2 aliphatic carbocycles. The van der Waals surface area contributed by atoms with E-state index in [4.69, 9.17) is 5.10 Å². The maximum Gasteiger partial charge on any atom is 0.433 e. The summed E-state index contributed by atoms with van der Waals surface area (Å²) in [6, 6.07) is 4.78. The second-order valence-electron chi connectivity index (χ2n) is 15.6. The summed E-state index contributed by atoms with van der Waals surface area (Å²) in [4.78, 5) is 59.5. The highest BCUT2D eigenvalue weighted by Crippen LogP contribution is 2.59. The van der Waals surface area contributed by atoms with Crippen LogP contribution in [-0.4, -0.2) is 68.3 Å². The zero-order valence-corrected chi connectivity index (χ0v) is 30.4. The van der Waals surface area contributed by atoms with Crippen LogP contribution in [0.15, 0.2) is 24.3 Å². The number of carbonyl (C=O) groups excluding carboxylic acids is 4. The van der Waals surface area contributed by atoms with Gasteiger partial charge in [0.15, 0.2) is 5.78 Å². The standard InChI is InChI=1S/C39H48F3N7O4/c1-23-14-15-30(39(40,41)42)45-36(23)46-37(53)29-18-38-19-31(38)49(29)33(52)21-48-35-26(12-8-3-4-9-13-32(51)44-22-38)16-27(17-28(35)34(47-48)24(2)50)43-20-25-10-6-5-7-11-25/h14-17,25,29,31,43H,3-13,18-22H2,1-2H3,(H,44,51)(H,45,46,53)/t29-,31+,38-/m0/s1. The molecule has 0 spiro atoms. The number of aryl methyl sites for hydroxylation is 2. The van der Waals surface area contributed by atoms with Gasteiger partial charge >= 0.3 is 6.18 Å². The van der Waals surface area contributed by atoms with Crippen LogP contribution < -0.4 is 16.0 Å². The highest BCUT2D eigenvalue weighted by molar-refractivity contribution is 6.07. The van der Waals surface area contributed by atoms with Gasteiger partial charge in [-0.1, -0.05) is 38.2 Å². The van der Waals surface area contributed by atoms with Crippen molar-refractivity contribution >= 4 is 45.9 Å². The van der Waals surface area contributed by atoms with Crippen LogP contribution >= 0.6 is 0 Å². The van der Waals surface area contributed by atoms with Crippen molar-refractivity contribution in [3.05, 3.63) is 46.8 Å². The topological polar surface area (TPSA) is 138 Å². The minimum atomic E-state index is -4.71. The molecule has 3 atom stereocenters. The fraction of sp³-hybridized carbons (Fsp3) is 0.590. The van der Waals surface area contributed by atoms with Crippen molar-refractivity contribution in [3.63, 3.8) is 0 Å². The predicted molar refractivity (Wildman–Crippen MR) is 193 cm³/mol. The quantitative estimate of drug-likeness (QED) is 0.244. The van der Waals surface area contributed by atoms with E-state index < -0.39 is 35.1 Å². The van der Waals surface area contributed by atoms with Gasteiger partial charge in [-0.25, -0.2) is 4.98 Å². The molecule has 2 aliphatic heterocycles. The molecule has 2 saturated carbocycles. The van der Waals surface area contributed by atoms with E-state index >= 15 is 0 Å². The second kappa shape index (κ2) is 14.7. The van der Waals surface area contributed by atoms with Crippen LogP contribution in [-0.2, 0) is 33.5 Å². The number of piperidine rings is 1. The van der Waals surface area contributed by atoms with Crippen LogP contribution in [0.25, 0.3) is 10.9 Å². The van der Waals surface area contributed by atoms with Crippen LogP contribution in [0.4, 0.5) is 24.7 Å². The van der Waals surface area contributed by atoms with Crippen molar-refractivity contribution in [2.45, 2.75) is 122 Å². The summed E-state index contributed by atoms with van der Waals surface area (Å²) in [6.07, 6.45) is 6.63. The third kappa shape index (κ3) is 7.77. The number of nitrogens with one attached hydrogen (secondary N) is 3. The van der Waals surface area contributed by atoms with Crippen molar-refractivity contribution < 1.29 is 32.3 Å². The number of nitrogens with zero attached hydrogens (tertiary/aromatic N) is 4. The van der Waals surface area contributed by atoms with Crippen LogP contribution in [0.2, 0.25) is 0 Å². The molecule has 53 heavy (non-hydrogen) atoms. The molecule has 3 aromatic rings. The summed E-state index contributed by atoms with van der Waals surface area (Å²) in [5, 5.41) is 14.6. The molecule has 4 heterocycles. The minimum absolute atomic E-state index is 0.0840. The average Bonchev–Trinajstić information content (AvgIpc) is 3.53.